The second-order valence-corrected chi connectivity index (χ2v) is 5.12. The molecule has 4 nitrogen and oxygen atoms in total. The lowest BCUT2D eigenvalue weighted by atomic mass is 9.80. The largest absolute Gasteiger partial charge is 0.370 e. The highest BCUT2D eigenvalue weighted by atomic mass is 16.1. The molecule has 15 heavy (non-hydrogen) atoms. The molecule has 2 unspecified atom stereocenters. The first kappa shape index (κ1) is 10.9. The molecule has 1 aliphatic carbocycles. The average Bonchev–Trinajstić information content (AvgIpc) is 2.92. The second-order valence-electron chi connectivity index (χ2n) is 5.12. The molecular formula is C11H21N3O. The number of nitrogens with zero attached hydrogens (tertiary/aromatic N) is 1. The summed E-state index contributed by atoms with van der Waals surface area (Å²) in [5.74, 6) is -0.276. The van der Waals surface area contributed by atoms with Gasteiger partial charge in [-0.15, -0.1) is 0 Å². The van der Waals surface area contributed by atoms with Gasteiger partial charge >= 0.3 is 0 Å². The minimum Gasteiger partial charge on any atom is -0.370 e. The summed E-state index contributed by atoms with van der Waals surface area (Å²) in [5.41, 5.74) is 11.2. The molecule has 2 fully saturated rings. The van der Waals surface area contributed by atoms with Crippen LogP contribution in [0.3, 0.4) is 0 Å². The first-order chi connectivity index (χ1) is 7.03. The molecule has 1 amide bonds. The van der Waals surface area contributed by atoms with E-state index in [4.69, 9.17) is 11.5 Å². The molecule has 1 heterocycles. The van der Waals surface area contributed by atoms with Gasteiger partial charge < -0.3 is 11.5 Å². The van der Waals surface area contributed by atoms with E-state index in [2.05, 4.69) is 11.8 Å². The van der Waals surface area contributed by atoms with Crippen LogP contribution in [0.25, 0.3) is 0 Å². The van der Waals surface area contributed by atoms with Crippen molar-refractivity contribution in [3.63, 3.8) is 0 Å². The smallest absolute Gasteiger partial charge is 0.219 e. The average molecular weight is 211 g/mol. The fourth-order valence-electron chi connectivity index (χ4n) is 2.79. The van der Waals surface area contributed by atoms with Crippen molar-refractivity contribution in [2.45, 2.75) is 56.7 Å². The van der Waals surface area contributed by atoms with Gasteiger partial charge in [0.15, 0.2) is 0 Å². The first-order valence-corrected chi connectivity index (χ1v) is 5.86. The minimum atomic E-state index is -0.396. The zero-order valence-corrected chi connectivity index (χ0v) is 9.41. The zero-order valence-electron chi connectivity index (χ0n) is 9.41. The molecule has 0 aromatic carbocycles. The standard InChI is InChI=1S/C11H21N3O/c1-8-11(13,7-10(12)15)5-2-6-14(8)9-3-4-9/h8-9H,2-7,13H2,1H3,(H2,12,15). The van der Waals surface area contributed by atoms with Gasteiger partial charge in [-0.05, 0) is 39.2 Å². The lowest BCUT2D eigenvalue weighted by Crippen LogP contribution is -2.62. The van der Waals surface area contributed by atoms with Gasteiger partial charge in [0.25, 0.3) is 0 Å². The highest BCUT2D eigenvalue weighted by Gasteiger charge is 2.44. The number of carbonyl (C=O) groups is 1. The number of hydrogen-bond donors (Lipinski definition) is 2. The fourth-order valence-corrected chi connectivity index (χ4v) is 2.79. The molecule has 4 N–H and O–H groups in total. The summed E-state index contributed by atoms with van der Waals surface area (Å²) in [6, 6.07) is 1.00. The molecule has 4 heteroatoms. The van der Waals surface area contributed by atoms with Crippen LogP contribution in [0.5, 0.6) is 0 Å². The normalized spacial score (nSPS) is 37.9. The summed E-state index contributed by atoms with van der Waals surface area (Å²) < 4.78 is 0. The summed E-state index contributed by atoms with van der Waals surface area (Å²) in [6.07, 6.45) is 4.90. The zero-order chi connectivity index (χ0) is 11.1. The summed E-state index contributed by atoms with van der Waals surface area (Å²) in [7, 11) is 0. The monoisotopic (exact) mass is 211 g/mol. The fraction of sp³-hybridized carbons (Fsp3) is 0.909. The molecule has 1 saturated carbocycles. The number of nitrogens with two attached hydrogens (primary N) is 2. The predicted molar refractivity (Wildman–Crippen MR) is 59.2 cm³/mol. The van der Waals surface area contributed by atoms with Crippen LogP contribution in [0.2, 0.25) is 0 Å². The molecule has 0 radical (unpaired) electrons. The van der Waals surface area contributed by atoms with Crippen LogP contribution in [0, 0.1) is 0 Å². The van der Waals surface area contributed by atoms with Crippen molar-refractivity contribution in [3.8, 4) is 0 Å². The maximum absolute atomic E-state index is 11.0. The summed E-state index contributed by atoms with van der Waals surface area (Å²) in [4.78, 5) is 13.5. The van der Waals surface area contributed by atoms with E-state index in [1.165, 1.54) is 12.8 Å². The molecule has 2 rings (SSSR count). The molecule has 0 aromatic rings. The highest BCUT2D eigenvalue weighted by Crippen LogP contribution is 2.36. The van der Waals surface area contributed by atoms with Gasteiger partial charge in [-0.1, -0.05) is 0 Å². The van der Waals surface area contributed by atoms with Gasteiger partial charge in [-0.25, -0.2) is 0 Å². The third-order valence-electron chi connectivity index (χ3n) is 3.91. The third-order valence-corrected chi connectivity index (χ3v) is 3.91. The molecule has 0 spiro atoms. The Bertz CT molecular complexity index is 265. The second kappa shape index (κ2) is 3.76. The Morgan fingerprint density at radius 3 is 2.73 bits per heavy atom. The Kier molecular flexibility index (Phi) is 2.73. The molecule has 86 valence electrons. The highest BCUT2D eigenvalue weighted by molar-refractivity contribution is 5.75. The van der Waals surface area contributed by atoms with Crippen molar-refractivity contribution < 1.29 is 4.79 Å². The Labute approximate surface area is 91.0 Å². The van der Waals surface area contributed by atoms with E-state index >= 15 is 0 Å². The lowest BCUT2D eigenvalue weighted by molar-refractivity contribution is -0.120. The SMILES string of the molecule is CC1N(C2CC2)CCCC1(N)CC(N)=O. The van der Waals surface area contributed by atoms with Crippen LogP contribution in [-0.4, -0.2) is 35.0 Å². The van der Waals surface area contributed by atoms with Crippen molar-refractivity contribution in [1.82, 2.24) is 4.90 Å². The maximum atomic E-state index is 11.0. The number of hydrogen-bond acceptors (Lipinski definition) is 3. The minimum absolute atomic E-state index is 0.276. The van der Waals surface area contributed by atoms with Gasteiger partial charge in [-0.3, -0.25) is 9.69 Å². The van der Waals surface area contributed by atoms with Crippen molar-refractivity contribution in [1.29, 1.82) is 0 Å². The van der Waals surface area contributed by atoms with E-state index < -0.39 is 5.54 Å². The van der Waals surface area contributed by atoms with Crippen molar-refractivity contribution >= 4 is 5.91 Å². The van der Waals surface area contributed by atoms with Crippen LogP contribution in [0.4, 0.5) is 0 Å². The topological polar surface area (TPSA) is 72.3 Å². The van der Waals surface area contributed by atoms with Gasteiger partial charge in [0, 0.05) is 24.0 Å². The Hall–Kier alpha value is -0.610. The van der Waals surface area contributed by atoms with Gasteiger partial charge in [0.2, 0.25) is 5.91 Å². The van der Waals surface area contributed by atoms with Crippen molar-refractivity contribution in [2.24, 2.45) is 11.5 Å². The number of amides is 1. The van der Waals surface area contributed by atoms with E-state index in [0.29, 0.717) is 6.42 Å². The number of primary amides is 1. The first-order valence-electron chi connectivity index (χ1n) is 5.86. The molecule has 1 saturated heterocycles. The van der Waals surface area contributed by atoms with E-state index in [1.54, 1.807) is 0 Å². The van der Waals surface area contributed by atoms with E-state index in [0.717, 1.165) is 25.4 Å². The quantitative estimate of drug-likeness (QED) is 0.700. The molecular weight excluding hydrogens is 190 g/mol. The summed E-state index contributed by atoms with van der Waals surface area (Å²) >= 11 is 0. The van der Waals surface area contributed by atoms with Gasteiger partial charge in [0.1, 0.15) is 0 Å². The Balaban J connectivity index is 2.06. The number of piperidine rings is 1. The van der Waals surface area contributed by atoms with Crippen LogP contribution >= 0.6 is 0 Å². The van der Waals surface area contributed by atoms with Crippen LogP contribution in [0.15, 0.2) is 0 Å². The predicted octanol–water partition coefficient (Wildman–Crippen LogP) is 0.206. The van der Waals surface area contributed by atoms with Gasteiger partial charge in [-0.2, -0.15) is 0 Å². The van der Waals surface area contributed by atoms with Crippen LogP contribution in [0.1, 0.15) is 39.0 Å². The Morgan fingerprint density at radius 1 is 1.53 bits per heavy atom. The Morgan fingerprint density at radius 2 is 2.20 bits per heavy atom. The van der Waals surface area contributed by atoms with E-state index in [9.17, 15) is 4.79 Å². The number of likely N-dealkylation sites (tertiary alicyclic amines) is 1. The van der Waals surface area contributed by atoms with Gasteiger partial charge in [0.05, 0.1) is 0 Å². The van der Waals surface area contributed by atoms with Crippen molar-refractivity contribution in [2.75, 3.05) is 6.54 Å². The van der Waals surface area contributed by atoms with Crippen molar-refractivity contribution in [3.05, 3.63) is 0 Å². The molecule has 1 aliphatic heterocycles. The number of carbonyl (C=O) groups excluding carboxylic acids is 1. The third kappa shape index (κ3) is 2.16. The maximum Gasteiger partial charge on any atom is 0.219 e. The molecule has 2 atom stereocenters. The van der Waals surface area contributed by atoms with Crippen LogP contribution < -0.4 is 11.5 Å². The molecule has 2 aliphatic rings. The molecule has 0 aromatic heterocycles. The van der Waals surface area contributed by atoms with E-state index in [-0.39, 0.29) is 11.9 Å². The van der Waals surface area contributed by atoms with Crippen LogP contribution in [-0.2, 0) is 4.79 Å². The summed E-state index contributed by atoms with van der Waals surface area (Å²) in [6.45, 7) is 3.27. The number of rotatable bonds is 3. The van der Waals surface area contributed by atoms with E-state index in [1.807, 2.05) is 0 Å². The lowest BCUT2D eigenvalue weighted by Gasteiger charge is -2.46. The summed E-state index contributed by atoms with van der Waals surface area (Å²) in [5, 5.41) is 0. The molecule has 0 bridgehead atoms.